The highest BCUT2D eigenvalue weighted by Crippen LogP contribution is 2.16. The normalized spacial score (nSPS) is 10.8. The van der Waals surface area contributed by atoms with Crippen LogP contribution in [0, 0.1) is 0 Å². The Hall–Kier alpha value is -2.63. The number of nitrogens with two attached hydrogens (primary N) is 1. The van der Waals surface area contributed by atoms with E-state index in [4.69, 9.17) is 5.73 Å². The van der Waals surface area contributed by atoms with E-state index in [-0.39, 0.29) is 0 Å². The Morgan fingerprint density at radius 3 is 2.68 bits per heavy atom. The zero-order valence-electron chi connectivity index (χ0n) is 10.6. The van der Waals surface area contributed by atoms with Gasteiger partial charge < -0.3 is 10.3 Å². The number of imidazole rings is 1. The highest BCUT2D eigenvalue weighted by Gasteiger charge is 2.08. The summed E-state index contributed by atoms with van der Waals surface area (Å²) in [7, 11) is 0. The van der Waals surface area contributed by atoms with Crippen LogP contribution in [0.5, 0.6) is 0 Å². The van der Waals surface area contributed by atoms with E-state index >= 15 is 0 Å². The number of anilines is 1. The molecular weight excluding hydrogens is 240 g/mol. The van der Waals surface area contributed by atoms with E-state index in [0.29, 0.717) is 5.82 Å². The van der Waals surface area contributed by atoms with Gasteiger partial charge in [-0.1, -0.05) is 0 Å². The summed E-state index contributed by atoms with van der Waals surface area (Å²) in [4.78, 5) is 8.59. The first kappa shape index (κ1) is 11.5. The molecule has 3 aromatic rings. The van der Waals surface area contributed by atoms with Crippen LogP contribution in [-0.4, -0.2) is 24.3 Å². The molecule has 3 rings (SSSR count). The van der Waals surface area contributed by atoms with E-state index < -0.39 is 0 Å². The van der Waals surface area contributed by atoms with Gasteiger partial charge in [-0.15, -0.1) is 5.10 Å². The second-order valence-corrected chi connectivity index (χ2v) is 4.15. The Kier molecular flexibility index (Phi) is 2.75. The predicted octanol–water partition coefficient (Wildman–Crippen LogP) is 1.73. The maximum absolute atomic E-state index is 5.67. The molecular formula is C13H14N6. The SMILES string of the molecule is CCn1ccnc1-n1cnc(-c2ccc(N)cc2)n1. The Bertz CT molecular complexity index is 679. The Labute approximate surface area is 110 Å². The molecule has 0 bridgehead atoms. The molecule has 6 nitrogen and oxygen atoms in total. The first-order valence-electron chi connectivity index (χ1n) is 6.07. The molecule has 0 amide bonds. The lowest BCUT2D eigenvalue weighted by Gasteiger charge is -2.02. The van der Waals surface area contributed by atoms with Crippen molar-refractivity contribution < 1.29 is 0 Å². The smallest absolute Gasteiger partial charge is 0.232 e. The van der Waals surface area contributed by atoms with Crippen LogP contribution in [0.15, 0.2) is 43.0 Å². The fourth-order valence-electron chi connectivity index (χ4n) is 1.88. The third-order valence-electron chi connectivity index (χ3n) is 2.90. The monoisotopic (exact) mass is 254 g/mol. The highest BCUT2D eigenvalue weighted by molar-refractivity contribution is 5.58. The molecule has 0 saturated carbocycles. The minimum atomic E-state index is 0.658. The molecule has 19 heavy (non-hydrogen) atoms. The fourth-order valence-corrected chi connectivity index (χ4v) is 1.88. The van der Waals surface area contributed by atoms with Crippen molar-refractivity contribution in [3.8, 4) is 17.3 Å². The van der Waals surface area contributed by atoms with Crippen LogP contribution in [0.3, 0.4) is 0 Å². The van der Waals surface area contributed by atoms with Gasteiger partial charge in [-0.3, -0.25) is 0 Å². The average molecular weight is 254 g/mol. The number of aromatic nitrogens is 5. The van der Waals surface area contributed by atoms with Gasteiger partial charge >= 0.3 is 0 Å². The van der Waals surface area contributed by atoms with E-state index in [1.54, 1.807) is 17.2 Å². The Morgan fingerprint density at radius 2 is 1.95 bits per heavy atom. The summed E-state index contributed by atoms with van der Waals surface area (Å²) >= 11 is 0. The van der Waals surface area contributed by atoms with Gasteiger partial charge in [-0.25, -0.2) is 9.97 Å². The van der Waals surface area contributed by atoms with Crippen LogP contribution >= 0.6 is 0 Å². The van der Waals surface area contributed by atoms with E-state index in [9.17, 15) is 0 Å². The maximum atomic E-state index is 5.67. The number of aryl methyl sites for hydroxylation is 1. The summed E-state index contributed by atoms with van der Waals surface area (Å²) in [5, 5.41) is 4.44. The minimum Gasteiger partial charge on any atom is -0.399 e. The summed E-state index contributed by atoms with van der Waals surface area (Å²) in [6.45, 7) is 2.90. The van der Waals surface area contributed by atoms with Crippen LogP contribution in [0.2, 0.25) is 0 Å². The molecule has 0 atom stereocenters. The summed E-state index contributed by atoms with van der Waals surface area (Å²) < 4.78 is 3.68. The molecule has 0 unspecified atom stereocenters. The largest absolute Gasteiger partial charge is 0.399 e. The number of hydrogen-bond acceptors (Lipinski definition) is 4. The van der Waals surface area contributed by atoms with Crippen molar-refractivity contribution in [2.45, 2.75) is 13.5 Å². The van der Waals surface area contributed by atoms with Crippen molar-refractivity contribution in [3.05, 3.63) is 43.0 Å². The molecule has 0 aliphatic rings. The molecule has 2 aromatic heterocycles. The Morgan fingerprint density at radius 1 is 1.16 bits per heavy atom. The topological polar surface area (TPSA) is 74.5 Å². The lowest BCUT2D eigenvalue weighted by atomic mass is 10.2. The summed E-state index contributed by atoms with van der Waals surface area (Å²) in [6, 6.07) is 7.48. The highest BCUT2D eigenvalue weighted by atomic mass is 15.4. The number of benzene rings is 1. The lowest BCUT2D eigenvalue weighted by Crippen LogP contribution is -2.05. The van der Waals surface area contributed by atoms with Gasteiger partial charge in [0.1, 0.15) is 6.33 Å². The number of nitrogen functional groups attached to an aromatic ring is 1. The molecule has 0 fully saturated rings. The van der Waals surface area contributed by atoms with E-state index in [1.165, 1.54) is 0 Å². The van der Waals surface area contributed by atoms with E-state index in [1.807, 2.05) is 35.0 Å². The average Bonchev–Trinajstić information content (AvgIpc) is 3.07. The molecule has 0 aliphatic carbocycles. The zero-order valence-corrected chi connectivity index (χ0v) is 10.6. The first-order valence-corrected chi connectivity index (χ1v) is 6.07. The van der Waals surface area contributed by atoms with Gasteiger partial charge in [0, 0.05) is 30.2 Å². The predicted molar refractivity (Wildman–Crippen MR) is 72.7 cm³/mol. The first-order chi connectivity index (χ1) is 9.28. The number of nitrogens with zero attached hydrogens (tertiary/aromatic N) is 5. The number of hydrogen-bond donors (Lipinski definition) is 1. The van der Waals surface area contributed by atoms with Gasteiger partial charge in [0.15, 0.2) is 5.82 Å². The van der Waals surface area contributed by atoms with Crippen molar-refractivity contribution in [2.75, 3.05) is 5.73 Å². The van der Waals surface area contributed by atoms with Gasteiger partial charge in [-0.05, 0) is 31.2 Å². The summed E-state index contributed by atoms with van der Waals surface area (Å²) in [5.74, 6) is 1.42. The number of rotatable bonds is 3. The van der Waals surface area contributed by atoms with Gasteiger partial charge in [0.05, 0.1) is 0 Å². The molecule has 0 radical (unpaired) electrons. The van der Waals surface area contributed by atoms with Crippen molar-refractivity contribution >= 4 is 5.69 Å². The van der Waals surface area contributed by atoms with Crippen LogP contribution < -0.4 is 5.73 Å². The molecule has 1 aromatic carbocycles. The molecule has 2 heterocycles. The molecule has 0 spiro atoms. The molecule has 6 heteroatoms. The second kappa shape index (κ2) is 4.56. The minimum absolute atomic E-state index is 0.658. The van der Waals surface area contributed by atoms with Crippen LogP contribution in [-0.2, 0) is 6.54 Å². The quantitative estimate of drug-likeness (QED) is 0.722. The maximum Gasteiger partial charge on any atom is 0.232 e. The van der Waals surface area contributed by atoms with Gasteiger partial charge in [0.25, 0.3) is 0 Å². The Balaban J connectivity index is 1.97. The lowest BCUT2D eigenvalue weighted by molar-refractivity contribution is 0.686. The zero-order chi connectivity index (χ0) is 13.2. The van der Waals surface area contributed by atoms with Crippen LogP contribution in [0.25, 0.3) is 17.3 Å². The van der Waals surface area contributed by atoms with Gasteiger partial charge in [0.2, 0.25) is 5.95 Å². The van der Waals surface area contributed by atoms with Crippen molar-refractivity contribution in [2.24, 2.45) is 0 Å². The van der Waals surface area contributed by atoms with Gasteiger partial charge in [-0.2, -0.15) is 4.68 Å². The van der Waals surface area contributed by atoms with Crippen molar-refractivity contribution in [1.29, 1.82) is 0 Å². The molecule has 0 saturated heterocycles. The molecule has 0 aliphatic heterocycles. The summed E-state index contributed by atoms with van der Waals surface area (Å²) in [6.07, 6.45) is 5.34. The fraction of sp³-hybridized carbons (Fsp3) is 0.154. The van der Waals surface area contributed by atoms with Crippen molar-refractivity contribution in [1.82, 2.24) is 24.3 Å². The van der Waals surface area contributed by atoms with Crippen LogP contribution in [0.4, 0.5) is 5.69 Å². The standard InChI is InChI=1S/C13H14N6/c1-2-18-8-7-15-13(18)19-9-16-12(17-19)10-3-5-11(14)6-4-10/h3-9H,2,14H2,1H3. The van der Waals surface area contributed by atoms with Crippen LogP contribution in [0.1, 0.15) is 6.92 Å². The second-order valence-electron chi connectivity index (χ2n) is 4.15. The van der Waals surface area contributed by atoms with Crippen molar-refractivity contribution in [3.63, 3.8) is 0 Å². The third kappa shape index (κ3) is 2.08. The molecule has 96 valence electrons. The van der Waals surface area contributed by atoms with E-state index in [2.05, 4.69) is 22.0 Å². The van der Waals surface area contributed by atoms with E-state index in [0.717, 1.165) is 23.7 Å². The summed E-state index contributed by atoms with van der Waals surface area (Å²) in [5.41, 5.74) is 7.33. The molecule has 2 N–H and O–H groups in total. The third-order valence-corrected chi connectivity index (χ3v) is 2.90.